The zero-order valence-corrected chi connectivity index (χ0v) is 23.0. The van der Waals surface area contributed by atoms with Crippen molar-refractivity contribution in [2.75, 3.05) is 18.9 Å². The molecule has 0 spiro atoms. The normalized spacial score (nSPS) is 14.3. The van der Waals surface area contributed by atoms with Gasteiger partial charge in [0.05, 0.1) is 17.4 Å². The Morgan fingerprint density at radius 2 is 1.75 bits per heavy atom. The van der Waals surface area contributed by atoms with E-state index in [1.165, 1.54) is 37.2 Å². The van der Waals surface area contributed by atoms with Crippen LogP contribution in [-0.2, 0) is 12.6 Å². The summed E-state index contributed by atoms with van der Waals surface area (Å²) in [7, 11) is 1.48. The van der Waals surface area contributed by atoms with Crippen LogP contribution in [-0.4, -0.2) is 74.5 Å². The molecule has 2 aromatic heterocycles. The van der Waals surface area contributed by atoms with E-state index in [1.54, 1.807) is 5.10 Å². The van der Waals surface area contributed by atoms with Crippen molar-refractivity contribution < 1.29 is 45.0 Å². The van der Waals surface area contributed by atoms with Crippen LogP contribution in [0.5, 0.6) is 0 Å². The molecular weight excluding hydrogens is 608 g/mol. The van der Waals surface area contributed by atoms with Crippen LogP contribution in [0, 0.1) is 5.82 Å². The van der Waals surface area contributed by atoms with Crippen LogP contribution in [0.1, 0.15) is 40.4 Å². The van der Waals surface area contributed by atoms with Gasteiger partial charge in [-0.1, -0.05) is 0 Å². The molecule has 0 saturated carbocycles. The van der Waals surface area contributed by atoms with Gasteiger partial charge in [0.15, 0.2) is 18.2 Å². The molecular formula is C27H26F8N6O3. The van der Waals surface area contributed by atoms with Gasteiger partial charge in [-0.05, 0) is 42.5 Å². The minimum absolute atomic E-state index is 0.0505. The second-order valence-corrected chi connectivity index (χ2v) is 9.87. The van der Waals surface area contributed by atoms with Crippen molar-refractivity contribution in [2.45, 2.75) is 50.4 Å². The maximum atomic E-state index is 14.8. The number of carbonyl (C=O) groups excluding carboxylic acids is 1. The van der Waals surface area contributed by atoms with E-state index in [9.17, 15) is 49.8 Å². The first kappa shape index (κ1) is 34.1. The van der Waals surface area contributed by atoms with Crippen LogP contribution in [0.2, 0.25) is 0 Å². The van der Waals surface area contributed by atoms with Crippen LogP contribution < -0.4 is 10.9 Å². The fraction of sp³-hybridized carbons (Fsp3) is 0.370. The highest BCUT2D eigenvalue weighted by Crippen LogP contribution is 2.32. The van der Waals surface area contributed by atoms with Gasteiger partial charge >= 0.3 is 12.4 Å². The molecule has 1 aromatic carbocycles. The van der Waals surface area contributed by atoms with Crippen molar-refractivity contribution in [1.29, 1.82) is 0 Å². The lowest BCUT2D eigenvalue weighted by Crippen LogP contribution is -2.30. The maximum absolute atomic E-state index is 14.8. The smallest absolute Gasteiger partial charge is 0.383 e. The Morgan fingerprint density at radius 3 is 2.34 bits per heavy atom. The SMILES string of the molecule is CC(CC(F)CN(C)/C=C\c1cc(-c2ncc(CC(O)C(F)(F)F)cn2)c(F)cc1C=O)Nc1cn[nH]c(=O)c1C(F)(F)F. The lowest BCUT2D eigenvalue weighted by atomic mass is 10.0. The van der Waals surface area contributed by atoms with Crippen LogP contribution in [0.15, 0.2) is 41.7 Å². The Kier molecular flexibility index (Phi) is 10.8. The minimum atomic E-state index is -4.96. The summed E-state index contributed by atoms with van der Waals surface area (Å²) in [5, 5.41) is 16.7. The van der Waals surface area contributed by atoms with Gasteiger partial charge in [-0.25, -0.2) is 23.8 Å². The molecule has 0 fully saturated rings. The van der Waals surface area contributed by atoms with E-state index in [2.05, 4.69) is 20.4 Å². The first-order valence-corrected chi connectivity index (χ1v) is 12.8. The van der Waals surface area contributed by atoms with E-state index >= 15 is 0 Å². The lowest BCUT2D eigenvalue weighted by Gasteiger charge is -2.22. The number of alkyl halides is 7. The van der Waals surface area contributed by atoms with Gasteiger partial charge in [-0.15, -0.1) is 0 Å². The summed E-state index contributed by atoms with van der Waals surface area (Å²) in [6, 6.07) is 1.28. The second kappa shape index (κ2) is 13.9. The third kappa shape index (κ3) is 9.05. The molecule has 44 heavy (non-hydrogen) atoms. The molecule has 0 saturated heterocycles. The number of benzene rings is 1. The maximum Gasteiger partial charge on any atom is 0.423 e. The van der Waals surface area contributed by atoms with Crippen LogP contribution in [0.4, 0.5) is 40.8 Å². The molecule has 9 nitrogen and oxygen atoms in total. The predicted molar refractivity (Wildman–Crippen MR) is 143 cm³/mol. The molecule has 0 aliphatic heterocycles. The van der Waals surface area contributed by atoms with Crippen molar-refractivity contribution in [2.24, 2.45) is 0 Å². The van der Waals surface area contributed by atoms with Crippen LogP contribution >= 0.6 is 0 Å². The number of aromatic nitrogens is 4. The van der Waals surface area contributed by atoms with E-state index in [1.807, 2.05) is 0 Å². The molecule has 3 N–H and O–H groups in total. The van der Waals surface area contributed by atoms with E-state index in [0.717, 1.165) is 24.7 Å². The van der Waals surface area contributed by atoms with Crippen molar-refractivity contribution in [1.82, 2.24) is 25.1 Å². The highest BCUT2D eigenvalue weighted by atomic mass is 19.4. The zero-order chi connectivity index (χ0) is 32.8. The average molecular weight is 635 g/mol. The molecule has 3 atom stereocenters. The summed E-state index contributed by atoms with van der Waals surface area (Å²) >= 11 is 0. The summed E-state index contributed by atoms with van der Waals surface area (Å²) in [5.41, 5.74) is -3.67. The van der Waals surface area contributed by atoms with Gasteiger partial charge in [0, 0.05) is 50.4 Å². The van der Waals surface area contributed by atoms with Gasteiger partial charge < -0.3 is 15.3 Å². The van der Waals surface area contributed by atoms with Crippen molar-refractivity contribution in [3.8, 4) is 11.4 Å². The summed E-state index contributed by atoms with van der Waals surface area (Å²) in [4.78, 5) is 32.2. The third-order valence-corrected chi connectivity index (χ3v) is 6.20. The van der Waals surface area contributed by atoms with Gasteiger partial charge in [0.25, 0.3) is 5.56 Å². The molecule has 3 rings (SSSR count). The Hall–Kier alpha value is -4.41. The largest absolute Gasteiger partial charge is 0.423 e. The fourth-order valence-corrected chi connectivity index (χ4v) is 4.11. The summed E-state index contributed by atoms with van der Waals surface area (Å²) < 4.78 is 107. The second-order valence-electron chi connectivity index (χ2n) is 9.87. The van der Waals surface area contributed by atoms with Crippen molar-refractivity contribution in [3.05, 3.63) is 75.3 Å². The number of nitrogens with zero attached hydrogens (tertiary/aromatic N) is 4. The topological polar surface area (TPSA) is 124 Å². The number of aliphatic hydroxyl groups excluding tert-OH is 1. The predicted octanol–water partition coefficient (Wildman–Crippen LogP) is 4.79. The quantitative estimate of drug-likeness (QED) is 0.192. The Labute approximate surface area is 244 Å². The minimum Gasteiger partial charge on any atom is -0.383 e. The molecule has 3 aromatic rings. The Balaban J connectivity index is 1.69. The number of nitrogens with one attached hydrogen (secondary N) is 2. The summed E-state index contributed by atoms with van der Waals surface area (Å²) in [5.74, 6) is -1.10. The average Bonchev–Trinajstić information content (AvgIpc) is 2.91. The fourth-order valence-electron chi connectivity index (χ4n) is 4.11. The number of aromatic amines is 1. The third-order valence-electron chi connectivity index (χ3n) is 6.20. The number of halogens is 8. The molecule has 17 heteroatoms. The standard InChI is InChI=1S/C27H26F8N6O3/c1-14(39-21-11-38-40-25(44)23(21)27(33,34)35)5-18(28)12-41(2)4-3-16-7-19(20(29)8-17(16)13-42)24-36-9-15(10-37-24)6-22(43)26(30,31)32/h3-4,7-11,13-14,18,22,43H,5-6,12H2,1-2H3,(H2,39,40,44)/b4-3-. The van der Waals surface area contributed by atoms with E-state index in [-0.39, 0.29) is 41.0 Å². The number of aliphatic hydroxyl groups is 1. The molecule has 0 aliphatic carbocycles. The lowest BCUT2D eigenvalue weighted by molar-refractivity contribution is -0.203. The molecule has 2 heterocycles. The molecule has 0 aliphatic rings. The molecule has 0 bridgehead atoms. The van der Waals surface area contributed by atoms with Gasteiger partial charge in [0.1, 0.15) is 17.6 Å². The number of aldehydes is 1. The first-order valence-electron chi connectivity index (χ1n) is 12.8. The summed E-state index contributed by atoms with van der Waals surface area (Å²) in [6.07, 6.45) is -9.16. The number of H-pyrrole nitrogens is 1. The number of hydrogen-bond acceptors (Lipinski definition) is 8. The number of carbonyl (C=O) groups is 1. The zero-order valence-electron chi connectivity index (χ0n) is 23.0. The van der Waals surface area contributed by atoms with Gasteiger partial charge in [-0.2, -0.15) is 31.4 Å². The van der Waals surface area contributed by atoms with E-state index in [4.69, 9.17) is 0 Å². The number of rotatable bonds is 12. The monoisotopic (exact) mass is 634 g/mol. The molecule has 0 radical (unpaired) electrons. The highest BCUT2D eigenvalue weighted by Gasteiger charge is 2.38. The van der Waals surface area contributed by atoms with Gasteiger partial charge in [-0.3, -0.25) is 9.59 Å². The van der Waals surface area contributed by atoms with E-state index in [0.29, 0.717) is 6.29 Å². The number of hydrogen-bond donors (Lipinski definition) is 3. The summed E-state index contributed by atoms with van der Waals surface area (Å²) in [6.45, 7) is 1.19. The first-order chi connectivity index (χ1) is 20.5. The van der Waals surface area contributed by atoms with Crippen LogP contribution in [0.3, 0.4) is 0 Å². The van der Waals surface area contributed by atoms with E-state index < -0.39 is 59.7 Å². The Morgan fingerprint density at radius 1 is 1.09 bits per heavy atom. The number of anilines is 1. The molecule has 238 valence electrons. The van der Waals surface area contributed by atoms with Crippen molar-refractivity contribution in [3.63, 3.8) is 0 Å². The molecule has 0 amide bonds. The highest BCUT2D eigenvalue weighted by molar-refractivity contribution is 5.84. The van der Waals surface area contributed by atoms with Crippen molar-refractivity contribution >= 4 is 18.0 Å². The van der Waals surface area contributed by atoms with Crippen LogP contribution in [0.25, 0.3) is 17.5 Å². The van der Waals surface area contributed by atoms with Gasteiger partial charge in [0.2, 0.25) is 0 Å². The Bertz CT molecular complexity index is 1530. The molecule has 3 unspecified atom stereocenters.